The standard InChI is InChI=1S/C15H24N2O2/c16-6-5-14-3-1-4-15(13-14)19-10-2-7-17-8-11-18-12-9-17/h1,3-4,13H,2,5-12,16H2. The number of benzene rings is 1. The van der Waals surface area contributed by atoms with Crippen LogP contribution in [0.2, 0.25) is 0 Å². The molecule has 2 N–H and O–H groups in total. The fraction of sp³-hybridized carbons (Fsp3) is 0.600. The summed E-state index contributed by atoms with van der Waals surface area (Å²) >= 11 is 0. The first-order valence-electron chi connectivity index (χ1n) is 7.10. The Morgan fingerprint density at radius 3 is 2.89 bits per heavy atom. The van der Waals surface area contributed by atoms with Crippen molar-refractivity contribution < 1.29 is 9.47 Å². The highest BCUT2D eigenvalue weighted by Gasteiger charge is 2.09. The molecule has 4 nitrogen and oxygen atoms in total. The molecule has 0 bridgehead atoms. The minimum Gasteiger partial charge on any atom is -0.494 e. The molecule has 2 rings (SSSR count). The first-order chi connectivity index (χ1) is 9.38. The third kappa shape index (κ3) is 5.19. The van der Waals surface area contributed by atoms with Gasteiger partial charge in [0, 0.05) is 19.6 Å². The van der Waals surface area contributed by atoms with Gasteiger partial charge in [0.15, 0.2) is 0 Å². The lowest BCUT2D eigenvalue weighted by atomic mass is 10.1. The van der Waals surface area contributed by atoms with E-state index < -0.39 is 0 Å². The normalized spacial score (nSPS) is 16.5. The van der Waals surface area contributed by atoms with Crippen LogP contribution < -0.4 is 10.5 Å². The third-order valence-corrected chi connectivity index (χ3v) is 3.32. The molecule has 19 heavy (non-hydrogen) atoms. The maximum absolute atomic E-state index is 5.79. The van der Waals surface area contributed by atoms with Crippen LogP contribution in [0.1, 0.15) is 12.0 Å². The Morgan fingerprint density at radius 2 is 2.11 bits per heavy atom. The lowest BCUT2D eigenvalue weighted by Gasteiger charge is -2.26. The zero-order chi connectivity index (χ0) is 13.3. The van der Waals surface area contributed by atoms with E-state index in [9.17, 15) is 0 Å². The molecule has 0 aliphatic carbocycles. The van der Waals surface area contributed by atoms with Crippen LogP contribution in [0.25, 0.3) is 0 Å². The Morgan fingerprint density at radius 1 is 1.26 bits per heavy atom. The van der Waals surface area contributed by atoms with Crippen molar-refractivity contribution in [2.75, 3.05) is 46.0 Å². The summed E-state index contributed by atoms with van der Waals surface area (Å²) in [7, 11) is 0. The molecular formula is C15H24N2O2. The van der Waals surface area contributed by atoms with Gasteiger partial charge in [0.2, 0.25) is 0 Å². The Bertz CT molecular complexity index is 365. The minimum absolute atomic E-state index is 0.681. The molecule has 1 aromatic rings. The van der Waals surface area contributed by atoms with Crippen LogP contribution in [0, 0.1) is 0 Å². The van der Waals surface area contributed by atoms with Gasteiger partial charge in [-0.15, -0.1) is 0 Å². The number of rotatable bonds is 7. The van der Waals surface area contributed by atoms with Crippen molar-refractivity contribution in [3.8, 4) is 5.75 Å². The second-order valence-corrected chi connectivity index (χ2v) is 4.84. The molecule has 1 heterocycles. The molecule has 0 radical (unpaired) electrons. The van der Waals surface area contributed by atoms with E-state index in [1.165, 1.54) is 5.56 Å². The average Bonchev–Trinajstić information content (AvgIpc) is 2.46. The quantitative estimate of drug-likeness (QED) is 0.754. The third-order valence-electron chi connectivity index (χ3n) is 3.32. The number of morpholine rings is 1. The van der Waals surface area contributed by atoms with E-state index in [0.717, 1.165) is 58.0 Å². The van der Waals surface area contributed by atoms with Crippen LogP contribution in [0.3, 0.4) is 0 Å². The fourth-order valence-electron chi connectivity index (χ4n) is 2.26. The van der Waals surface area contributed by atoms with Gasteiger partial charge in [0.05, 0.1) is 19.8 Å². The summed E-state index contributed by atoms with van der Waals surface area (Å²) in [5.41, 5.74) is 6.80. The molecule has 1 saturated heterocycles. The Labute approximate surface area is 115 Å². The molecule has 1 aromatic carbocycles. The van der Waals surface area contributed by atoms with Crippen molar-refractivity contribution in [1.82, 2.24) is 4.90 Å². The zero-order valence-electron chi connectivity index (χ0n) is 11.5. The molecular weight excluding hydrogens is 240 g/mol. The maximum Gasteiger partial charge on any atom is 0.119 e. The molecule has 106 valence electrons. The van der Waals surface area contributed by atoms with E-state index in [1.54, 1.807) is 0 Å². The number of nitrogens with zero attached hydrogens (tertiary/aromatic N) is 1. The smallest absolute Gasteiger partial charge is 0.119 e. The van der Waals surface area contributed by atoms with Crippen LogP contribution >= 0.6 is 0 Å². The van der Waals surface area contributed by atoms with E-state index >= 15 is 0 Å². The number of nitrogens with two attached hydrogens (primary N) is 1. The summed E-state index contributed by atoms with van der Waals surface area (Å²) in [6.07, 6.45) is 1.96. The molecule has 0 unspecified atom stereocenters. The van der Waals surface area contributed by atoms with Crippen LogP contribution in [-0.4, -0.2) is 50.9 Å². The van der Waals surface area contributed by atoms with E-state index in [1.807, 2.05) is 12.1 Å². The van der Waals surface area contributed by atoms with Gasteiger partial charge in [-0.3, -0.25) is 4.90 Å². The molecule has 0 aromatic heterocycles. The SMILES string of the molecule is NCCc1cccc(OCCCN2CCOCC2)c1. The van der Waals surface area contributed by atoms with Gasteiger partial charge in [-0.05, 0) is 37.1 Å². The summed E-state index contributed by atoms with van der Waals surface area (Å²) in [6, 6.07) is 8.21. The molecule has 0 atom stereocenters. The van der Waals surface area contributed by atoms with Crippen molar-refractivity contribution in [3.05, 3.63) is 29.8 Å². The molecule has 4 heteroatoms. The molecule has 1 aliphatic heterocycles. The Hall–Kier alpha value is -1.10. The number of hydrogen-bond donors (Lipinski definition) is 1. The van der Waals surface area contributed by atoms with Crippen molar-refractivity contribution in [2.45, 2.75) is 12.8 Å². The molecule has 0 spiro atoms. The van der Waals surface area contributed by atoms with Crippen molar-refractivity contribution in [1.29, 1.82) is 0 Å². The fourth-order valence-corrected chi connectivity index (χ4v) is 2.26. The largest absolute Gasteiger partial charge is 0.494 e. The molecule has 1 aliphatic rings. The Balaban J connectivity index is 1.65. The summed E-state index contributed by atoms with van der Waals surface area (Å²) in [6.45, 7) is 6.36. The van der Waals surface area contributed by atoms with Crippen LogP contribution in [0.4, 0.5) is 0 Å². The maximum atomic E-state index is 5.79. The van der Waals surface area contributed by atoms with Gasteiger partial charge in [-0.2, -0.15) is 0 Å². The summed E-state index contributed by atoms with van der Waals surface area (Å²) in [5, 5.41) is 0. The average molecular weight is 264 g/mol. The second kappa shape index (κ2) is 8.15. The highest BCUT2D eigenvalue weighted by Crippen LogP contribution is 2.13. The predicted octanol–water partition coefficient (Wildman–Crippen LogP) is 1.29. The van der Waals surface area contributed by atoms with Crippen molar-refractivity contribution >= 4 is 0 Å². The second-order valence-electron chi connectivity index (χ2n) is 4.84. The lowest BCUT2D eigenvalue weighted by molar-refractivity contribution is 0.0358. The number of hydrogen-bond acceptors (Lipinski definition) is 4. The van der Waals surface area contributed by atoms with Gasteiger partial charge in [0.25, 0.3) is 0 Å². The van der Waals surface area contributed by atoms with Crippen LogP contribution in [0.15, 0.2) is 24.3 Å². The van der Waals surface area contributed by atoms with E-state index in [4.69, 9.17) is 15.2 Å². The molecule has 0 amide bonds. The van der Waals surface area contributed by atoms with Gasteiger partial charge in [-0.1, -0.05) is 12.1 Å². The van der Waals surface area contributed by atoms with E-state index in [-0.39, 0.29) is 0 Å². The first kappa shape index (κ1) is 14.3. The number of ether oxygens (including phenoxy) is 2. The van der Waals surface area contributed by atoms with Gasteiger partial charge < -0.3 is 15.2 Å². The lowest BCUT2D eigenvalue weighted by Crippen LogP contribution is -2.37. The van der Waals surface area contributed by atoms with Crippen LogP contribution in [-0.2, 0) is 11.2 Å². The highest BCUT2D eigenvalue weighted by molar-refractivity contribution is 5.28. The first-order valence-corrected chi connectivity index (χ1v) is 7.10. The minimum atomic E-state index is 0.681. The summed E-state index contributed by atoms with van der Waals surface area (Å²) < 4.78 is 11.1. The van der Waals surface area contributed by atoms with Gasteiger partial charge in [0.1, 0.15) is 5.75 Å². The van der Waals surface area contributed by atoms with Crippen molar-refractivity contribution in [3.63, 3.8) is 0 Å². The highest BCUT2D eigenvalue weighted by atomic mass is 16.5. The van der Waals surface area contributed by atoms with E-state index in [2.05, 4.69) is 17.0 Å². The predicted molar refractivity (Wildman–Crippen MR) is 76.6 cm³/mol. The molecule has 0 saturated carbocycles. The van der Waals surface area contributed by atoms with Crippen LogP contribution in [0.5, 0.6) is 5.75 Å². The van der Waals surface area contributed by atoms with Crippen molar-refractivity contribution in [2.24, 2.45) is 5.73 Å². The van der Waals surface area contributed by atoms with Gasteiger partial charge >= 0.3 is 0 Å². The van der Waals surface area contributed by atoms with Gasteiger partial charge in [-0.25, -0.2) is 0 Å². The summed E-state index contributed by atoms with van der Waals surface area (Å²) in [5.74, 6) is 0.952. The summed E-state index contributed by atoms with van der Waals surface area (Å²) in [4.78, 5) is 2.43. The molecule has 1 fully saturated rings. The zero-order valence-corrected chi connectivity index (χ0v) is 11.5. The monoisotopic (exact) mass is 264 g/mol. The Kier molecular flexibility index (Phi) is 6.14. The topological polar surface area (TPSA) is 47.7 Å². The van der Waals surface area contributed by atoms with E-state index in [0.29, 0.717) is 6.54 Å².